The first-order valence-electron chi connectivity index (χ1n) is 5.63. The Morgan fingerprint density at radius 2 is 1.37 bits per heavy atom. The molecule has 7 heteroatoms. The van der Waals surface area contributed by atoms with Crippen molar-refractivity contribution in [2.75, 3.05) is 13.1 Å². The molecular weight excluding hydrogens is 272 g/mol. The van der Waals surface area contributed by atoms with Gasteiger partial charge in [0.15, 0.2) is 0 Å². The Morgan fingerprint density at radius 3 is 1.74 bits per heavy atom. The van der Waals surface area contributed by atoms with E-state index in [-0.39, 0.29) is 18.1 Å². The number of halogens is 6. The number of hydrogen-bond acceptors (Lipinski definition) is 1. The third-order valence-corrected chi connectivity index (χ3v) is 2.49. The highest BCUT2D eigenvalue weighted by Gasteiger charge is 2.36. The molecule has 0 aliphatic rings. The minimum Gasteiger partial charge on any atom is -0.317 e. The molecule has 0 saturated carbocycles. The molecule has 0 aromatic heterocycles. The number of rotatable bonds is 4. The Kier molecular flexibility index (Phi) is 4.84. The lowest BCUT2D eigenvalue weighted by Crippen LogP contribution is -2.17. The lowest BCUT2D eigenvalue weighted by Gasteiger charge is -2.14. The summed E-state index contributed by atoms with van der Waals surface area (Å²) in [5.74, 6) is 0. The van der Waals surface area contributed by atoms with Crippen LogP contribution < -0.4 is 5.32 Å². The van der Waals surface area contributed by atoms with Gasteiger partial charge in [-0.05, 0) is 43.3 Å². The van der Waals surface area contributed by atoms with Crippen molar-refractivity contribution in [2.24, 2.45) is 0 Å². The minimum atomic E-state index is -4.78. The van der Waals surface area contributed by atoms with Crippen LogP contribution in [-0.4, -0.2) is 13.1 Å². The molecule has 0 amide bonds. The second-order valence-corrected chi connectivity index (χ2v) is 4.02. The van der Waals surface area contributed by atoms with Crippen LogP contribution in [0.2, 0.25) is 0 Å². The summed E-state index contributed by atoms with van der Waals surface area (Å²) in [6.45, 7) is 2.73. The normalized spacial score (nSPS) is 12.8. The van der Waals surface area contributed by atoms with E-state index in [1.165, 1.54) is 0 Å². The Hall–Kier alpha value is -1.24. The summed E-state index contributed by atoms with van der Waals surface area (Å²) in [6, 6.07) is 1.65. The molecule has 0 aliphatic heterocycles. The zero-order valence-electron chi connectivity index (χ0n) is 10.1. The highest BCUT2D eigenvalue weighted by molar-refractivity contribution is 5.33. The van der Waals surface area contributed by atoms with Crippen LogP contribution in [0.4, 0.5) is 26.3 Å². The maximum Gasteiger partial charge on any atom is 0.416 e. The molecule has 1 aromatic carbocycles. The van der Waals surface area contributed by atoms with Gasteiger partial charge >= 0.3 is 12.4 Å². The van der Waals surface area contributed by atoms with Crippen LogP contribution in [0.25, 0.3) is 0 Å². The summed E-state index contributed by atoms with van der Waals surface area (Å²) in [5.41, 5.74) is -2.52. The van der Waals surface area contributed by atoms with E-state index in [1.54, 1.807) is 6.92 Å². The summed E-state index contributed by atoms with van der Waals surface area (Å²) in [5, 5.41) is 2.85. The average Bonchev–Trinajstić information content (AvgIpc) is 2.27. The van der Waals surface area contributed by atoms with Gasteiger partial charge in [-0.2, -0.15) is 26.3 Å². The van der Waals surface area contributed by atoms with Crippen molar-refractivity contribution in [2.45, 2.75) is 25.7 Å². The maximum atomic E-state index is 12.5. The predicted molar refractivity (Wildman–Crippen MR) is 58.7 cm³/mol. The number of likely N-dealkylation sites (N-methyl/N-ethyl adjacent to an activating group) is 1. The van der Waals surface area contributed by atoms with E-state index in [9.17, 15) is 26.3 Å². The molecule has 0 radical (unpaired) electrons. The van der Waals surface area contributed by atoms with Gasteiger partial charge in [0.1, 0.15) is 0 Å². The minimum absolute atomic E-state index is 0.0168. The fourth-order valence-corrected chi connectivity index (χ4v) is 1.57. The van der Waals surface area contributed by atoms with Crippen LogP contribution in [0, 0.1) is 0 Å². The highest BCUT2D eigenvalue weighted by atomic mass is 19.4. The van der Waals surface area contributed by atoms with Crippen LogP contribution >= 0.6 is 0 Å². The van der Waals surface area contributed by atoms with Crippen molar-refractivity contribution in [1.29, 1.82) is 0 Å². The Morgan fingerprint density at radius 1 is 0.895 bits per heavy atom. The molecule has 1 nitrogen and oxygen atoms in total. The second-order valence-electron chi connectivity index (χ2n) is 4.02. The third kappa shape index (κ3) is 4.74. The molecule has 19 heavy (non-hydrogen) atoms. The summed E-state index contributed by atoms with van der Waals surface area (Å²) < 4.78 is 75.2. The van der Waals surface area contributed by atoms with Crippen molar-refractivity contribution >= 4 is 0 Å². The van der Waals surface area contributed by atoms with Gasteiger partial charge in [0.25, 0.3) is 0 Å². The van der Waals surface area contributed by atoms with Gasteiger partial charge in [0.05, 0.1) is 11.1 Å². The zero-order chi connectivity index (χ0) is 14.7. The molecule has 0 heterocycles. The number of benzene rings is 1. The molecule has 108 valence electrons. The molecule has 1 rings (SSSR count). The zero-order valence-corrected chi connectivity index (χ0v) is 10.1. The van der Waals surface area contributed by atoms with Crippen molar-refractivity contribution in [3.05, 3.63) is 34.9 Å². The first-order chi connectivity index (χ1) is 8.64. The predicted octanol–water partition coefficient (Wildman–Crippen LogP) is 3.88. The molecule has 1 N–H and O–H groups in total. The lowest BCUT2D eigenvalue weighted by atomic mass is 10.0. The van der Waals surface area contributed by atoms with Gasteiger partial charge in [-0.1, -0.05) is 6.92 Å². The van der Waals surface area contributed by atoms with E-state index in [0.717, 1.165) is 12.1 Å². The van der Waals surface area contributed by atoms with Crippen LogP contribution in [0.5, 0.6) is 0 Å². The highest BCUT2D eigenvalue weighted by Crippen LogP contribution is 2.36. The first-order valence-corrected chi connectivity index (χ1v) is 5.63. The van der Waals surface area contributed by atoms with Gasteiger partial charge in [-0.3, -0.25) is 0 Å². The SMILES string of the molecule is CCNCCc1cc(C(F)(F)F)cc(C(F)(F)F)c1. The van der Waals surface area contributed by atoms with Crippen molar-refractivity contribution in [3.8, 4) is 0 Å². The maximum absolute atomic E-state index is 12.5. The summed E-state index contributed by atoms with van der Waals surface area (Å²) in [4.78, 5) is 0. The van der Waals surface area contributed by atoms with Gasteiger partial charge in [0, 0.05) is 0 Å². The van der Waals surface area contributed by atoms with Gasteiger partial charge in [-0.15, -0.1) is 0 Å². The summed E-state index contributed by atoms with van der Waals surface area (Å²) in [7, 11) is 0. The molecule has 1 aromatic rings. The van der Waals surface area contributed by atoms with Crippen molar-refractivity contribution in [3.63, 3.8) is 0 Å². The van der Waals surface area contributed by atoms with E-state index in [2.05, 4.69) is 5.32 Å². The molecule has 0 unspecified atom stereocenters. The molecule has 0 bridgehead atoms. The monoisotopic (exact) mass is 285 g/mol. The largest absolute Gasteiger partial charge is 0.416 e. The van der Waals surface area contributed by atoms with Crippen LogP contribution in [0.1, 0.15) is 23.6 Å². The smallest absolute Gasteiger partial charge is 0.317 e. The van der Waals surface area contributed by atoms with E-state index >= 15 is 0 Å². The van der Waals surface area contributed by atoms with Crippen LogP contribution in [-0.2, 0) is 18.8 Å². The van der Waals surface area contributed by atoms with Gasteiger partial charge < -0.3 is 5.32 Å². The van der Waals surface area contributed by atoms with Crippen LogP contribution in [0.3, 0.4) is 0 Å². The fourth-order valence-electron chi connectivity index (χ4n) is 1.57. The Labute approximate surface area is 106 Å². The average molecular weight is 285 g/mol. The Bertz CT molecular complexity index is 389. The standard InChI is InChI=1S/C12H13F6N/c1-2-19-4-3-8-5-9(11(13,14)15)7-10(6-8)12(16,17)18/h5-7,19H,2-4H2,1H3. The van der Waals surface area contributed by atoms with E-state index in [1.807, 2.05) is 0 Å². The topological polar surface area (TPSA) is 12.0 Å². The van der Waals surface area contributed by atoms with Crippen LogP contribution in [0.15, 0.2) is 18.2 Å². The summed E-state index contributed by atoms with van der Waals surface area (Å²) in [6.07, 6.45) is -9.46. The molecule has 0 fully saturated rings. The fraction of sp³-hybridized carbons (Fsp3) is 0.500. The lowest BCUT2D eigenvalue weighted by molar-refractivity contribution is -0.143. The number of alkyl halides is 6. The van der Waals surface area contributed by atoms with Crippen molar-refractivity contribution < 1.29 is 26.3 Å². The Balaban J connectivity index is 3.10. The van der Waals surface area contributed by atoms with E-state index < -0.39 is 23.5 Å². The van der Waals surface area contributed by atoms with E-state index in [0.29, 0.717) is 13.1 Å². The molecular formula is C12H13F6N. The molecule has 0 spiro atoms. The van der Waals surface area contributed by atoms with Gasteiger partial charge in [0.2, 0.25) is 0 Å². The van der Waals surface area contributed by atoms with Crippen molar-refractivity contribution in [1.82, 2.24) is 5.32 Å². The summed E-state index contributed by atoms with van der Waals surface area (Å²) >= 11 is 0. The quantitative estimate of drug-likeness (QED) is 0.654. The van der Waals surface area contributed by atoms with E-state index in [4.69, 9.17) is 0 Å². The molecule has 0 atom stereocenters. The molecule has 0 saturated heterocycles. The molecule has 0 aliphatic carbocycles. The number of hydrogen-bond donors (Lipinski definition) is 1. The first kappa shape index (κ1) is 15.8. The number of nitrogens with one attached hydrogen (secondary N) is 1. The third-order valence-electron chi connectivity index (χ3n) is 2.49. The van der Waals surface area contributed by atoms with Gasteiger partial charge in [-0.25, -0.2) is 0 Å². The second kappa shape index (κ2) is 5.81.